The summed E-state index contributed by atoms with van der Waals surface area (Å²) in [5.74, 6) is 0. The molecule has 0 aliphatic carbocycles. The third-order valence-corrected chi connectivity index (χ3v) is 2.11. The van der Waals surface area contributed by atoms with Crippen LogP contribution in [-0.2, 0) is 4.74 Å². The lowest BCUT2D eigenvalue weighted by Gasteiger charge is -2.18. The number of rotatable bonds is 3. The minimum absolute atomic E-state index is 0.382. The topological polar surface area (TPSA) is 12.2 Å². The highest BCUT2D eigenvalue weighted by atomic mass is 16.5. The smallest absolute Gasteiger partial charge is 0.0695 e. The molecule has 2 unspecified atom stereocenters. The Bertz CT molecular complexity index is 90.9. The molecule has 0 N–H and O–H groups in total. The molecule has 0 radical (unpaired) electrons. The van der Waals surface area contributed by atoms with Crippen LogP contribution in [0.2, 0.25) is 0 Å². The number of methoxy groups -OCH3 is 1. The molecule has 2 heteroatoms. The maximum absolute atomic E-state index is 5.17. The van der Waals surface area contributed by atoms with Crippen molar-refractivity contribution in [1.29, 1.82) is 0 Å². The molecular weight excluding hydrogens is 114 g/mol. The summed E-state index contributed by atoms with van der Waals surface area (Å²) in [6, 6.07) is 0.606. The molecule has 9 heavy (non-hydrogen) atoms. The zero-order chi connectivity index (χ0) is 6.85. The molecule has 0 aromatic carbocycles. The summed E-state index contributed by atoms with van der Waals surface area (Å²) in [5, 5.41) is 0. The Balaban J connectivity index is 2.22. The second kappa shape index (κ2) is 2.67. The summed E-state index contributed by atoms with van der Waals surface area (Å²) < 4.78 is 5.17. The largest absolute Gasteiger partial charge is 0.380 e. The molecule has 54 valence electrons. The lowest BCUT2D eigenvalue weighted by atomic mass is 10.2. The highest BCUT2D eigenvalue weighted by Crippen LogP contribution is 2.14. The van der Waals surface area contributed by atoms with E-state index in [4.69, 9.17) is 4.74 Å². The molecule has 1 fully saturated rings. The molecule has 0 spiro atoms. The quantitative estimate of drug-likeness (QED) is 0.521. The van der Waals surface area contributed by atoms with E-state index in [2.05, 4.69) is 18.7 Å². The van der Waals surface area contributed by atoms with Crippen LogP contribution in [0.3, 0.4) is 0 Å². The van der Waals surface area contributed by atoms with Crippen molar-refractivity contribution < 1.29 is 4.74 Å². The highest BCUT2D eigenvalue weighted by molar-refractivity contribution is 4.82. The second-order valence-corrected chi connectivity index (χ2v) is 2.72. The molecule has 1 saturated heterocycles. The van der Waals surface area contributed by atoms with Gasteiger partial charge in [0.2, 0.25) is 0 Å². The van der Waals surface area contributed by atoms with Crippen LogP contribution in [0.5, 0.6) is 0 Å². The van der Waals surface area contributed by atoms with Crippen molar-refractivity contribution in [2.24, 2.45) is 0 Å². The minimum atomic E-state index is 0.382. The average molecular weight is 129 g/mol. The number of nitrogens with zero attached hydrogens (tertiary/aromatic N) is 1. The predicted molar refractivity (Wildman–Crippen MR) is 37.5 cm³/mol. The summed E-state index contributed by atoms with van der Waals surface area (Å²) >= 11 is 0. The Morgan fingerprint density at radius 3 is 2.22 bits per heavy atom. The molecule has 0 aromatic heterocycles. The van der Waals surface area contributed by atoms with Gasteiger partial charge in [-0.1, -0.05) is 0 Å². The SMILES string of the molecule is COC(C)C(C)N1CC1. The van der Waals surface area contributed by atoms with Gasteiger partial charge in [0.25, 0.3) is 0 Å². The van der Waals surface area contributed by atoms with Crippen molar-refractivity contribution in [3.63, 3.8) is 0 Å². The van der Waals surface area contributed by atoms with Crippen LogP contribution in [0.25, 0.3) is 0 Å². The Morgan fingerprint density at radius 2 is 1.89 bits per heavy atom. The van der Waals surface area contributed by atoms with Gasteiger partial charge in [0.15, 0.2) is 0 Å². The third-order valence-electron chi connectivity index (χ3n) is 2.11. The van der Waals surface area contributed by atoms with Gasteiger partial charge in [0.1, 0.15) is 0 Å². The van der Waals surface area contributed by atoms with Crippen LogP contribution in [0.15, 0.2) is 0 Å². The minimum Gasteiger partial charge on any atom is -0.380 e. The molecule has 0 bridgehead atoms. The molecular formula is C7H15NO. The molecule has 0 amide bonds. The third kappa shape index (κ3) is 1.66. The fourth-order valence-corrected chi connectivity index (χ4v) is 0.959. The van der Waals surface area contributed by atoms with Crippen LogP contribution in [-0.4, -0.2) is 37.2 Å². The zero-order valence-electron chi connectivity index (χ0n) is 6.42. The monoisotopic (exact) mass is 129 g/mol. The van der Waals surface area contributed by atoms with E-state index in [0.717, 1.165) is 0 Å². The van der Waals surface area contributed by atoms with Crippen molar-refractivity contribution >= 4 is 0 Å². The van der Waals surface area contributed by atoms with E-state index in [1.807, 2.05) is 0 Å². The van der Waals surface area contributed by atoms with E-state index in [-0.39, 0.29) is 0 Å². The fourth-order valence-electron chi connectivity index (χ4n) is 0.959. The first-order valence-electron chi connectivity index (χ1n) is 3.52. The maximum atomic E-state index is 5.17. The van der Waals surface area contributed by atoms with Gasteiger partial charge >= 0.3 is 0 Å². The van der Waals surface area contributed by atoms with Crippen molar-refractivity contribution in [3.8, 4) is 0 Å². The van der Waals surface area contributed by atoms with Gasteiger partial charge in [-0.25, -0.2) is 0 Å². The predicted octanol–water partition coefficient (Wildman–Crippen LogP) is 0.725. The van der Waals surface area contributed by atoms with Crippen LogP contribution in [0.4, 0.5) is 0 Å². The van der Waals surface area contributed by atoms with E-state index in [1.165, 1.54) is 13.1 Å². The molecule has 2 atom stereocenters. The van der Waals surface area contributed by atoms with Crippen molar-refractivity contribution in [3.05, 3.63) is 0 Å². The summed E-state index contributed by atoms with van der Waals surface area (Å²) in [7, 11) is 1.77. The summed E-state index contributed by atoms with van der Waals surface area (Å²) in [6.07, 6.45) is 0.382. The zero-order valence-corrected chi connectivity index (χ0v) is 6.42. The Hall–Kier alpha value is -0.0800. The first-order valence-corrected chi connectivity index (χ1v) is 3.52. The number of hydrogen-bond acceptors (Lipinski definition) is 2. The summed E-state index contributed by atoms with van der Waals surface area (Å²) in [5.41, 5.74) is 0. The van der Waals surface area contributed by atoms with E-state index in [0.29, 0.717) is 12.1 Å². The van der Waals surface area contributed by atoms with E-state index >= 15 is 0 Å². The van der Waals surface area contributed by atoms with E-state index < -0.39 is 0 Å². The Kier molecular flexibility index (Phi) is 2.09. The van der Waals surface area contributed by atoms with Crippen molar-refractivity contribution in [2.75, 3.05) is 20.2 Å². The first kappa shape index (κ1) is 7.03. The molecule has 0 saturated carbocycles. The normalized spacial score (nSPS) is 25.7. The average Bonchev–Trinajstić information content (AvgIpc) is 2.66. The van der Waals surface area contributed by atoms with Crippen molar-refractivity contribution in [2.45, 2.75) is 26.0 Å². The van der Waals surface area contributed by atoms with Gasteiger partial charge in [-0.15, -0.1) is 0 Å². The van der Waals surface area contributed by atoms with Gasteiger partial charge < -0.3 is 4.74 Å². The number of ether oxygens (including phenoxy) is 1. The van der Waals surface area contributed by atoms with E-state index in [9.17, 15) is 0 Å². The van der Waals surface area contributed by atoms with Crippen LogP contribution in [0, 0.1) is 0 Å². The standard InChI is InChI=1S/C7H15NO/c1-6(7(2)9-3)8-4-5-8/h6-7H,4-5H2,1-3H3. The van der Waals surface area contributed by atoms with Gasteiger partial charge in [-0.05, 0) is 13.8 Å². The lowest BCUT2D eigenvalue weighted by molar-refractivity contribution is 0.0700. The molecule has 1 rings (SSSR count). The molecule has 2 nitrogen and oxygen atoms in total. The van der Waals surface area contributed by atoms with E-state index in [1.54, 1.807) is 7.11 Å². The maximum Gasteiger partial charge on any atom is 0.0695 e. The fraction of sp³-hybridized carbons (Fsp3) is 1.00. The first-order chi connectivity index (χ1) is 4.25. The number of hydrogen-bond donors (Lipinski definition) is 0. The Morgan fingerprint density at radius 1 is 1.33 bits per heavy atom. The second-order valence-electron chi connectivity index (χ2n) is 2.72. The van der Waals surface area contributed by atoms with Gasteiger partial charge in [0, 0.05) is 26.2 Å². The van der Waals surface area contributed by atoms with Crippen LogP contribution >= 0.6 is 0 Å². The molecule has 1 aliphatic heterocycles. The Labute approximate surface area is 56.8 Å². The molecule has 1 heterocycles. The lowest BCUT2D eigenvalue weighted by Crippen LogP contribution is -2.29. The van der Waals surface area contributed by atoms with Crippen LogP contribution in [0.1, 0.15) is 13.8 Å². The summed E-state index contributed by atoms with van der Waals surface area (Å²) in [6.45, 7) is 6.84. The van der Waals surface area contributed by atoms with Crippen LogP contribution < -0.4 is 0 Å². The molecule has 0 aromatic rings. The highest BCUT2D eigenvalue weighted by Gasteiger charge is 2.27. The van der Waals surface area contributed by atoms with Gasteiger partial charge in [-0.2, -0.15) is 0 Å². The van der Waals surface area contributed by atoms with Gasteiger partial charge in [0.05, 0.1) is 6.10 Å². The van der Waals surface area contributed by atoms with Crippen molar-refractivity contribution in [1.82, 2.24) is 4.90 Å². The van der Waals surface area contributed by atoms with Gasteiger partial charge in [-0.3, -0.25) is 4.90 Å². The molecule has 1 aliphatic rings. The summed E-state index contributed by atoms with van der Waals surface area (Å²) in [4.78, 5) is 2.40.